The predicted molar refractivity (Wildman–Crippen MR) is 78.3 cm³/mol. The van der Waals surface area contributed by atoms with Crippen LogP contribution in [0.1, 0.15) is 30.0 Å². The van der Waals surface area contributed by atoms with Gasteiger partial charge in [0, 0.05) is 16.5 Å². The molecule has 0 radical (unpaired) electrons. The molecule has 1 heterocycles. The molecule has 2 rings (SSSR count). The molecule has 1 N–H and O–H groups in total. The molecule has 1 aromatic carbocycles. The van der Waals surface area contributed by atoms with E-state index in [0.717, 1.165) is 21.5 Å². The van der Waals surface area contributed by atoms with Crippen molar-refractivity contribution >= 4 is 22.6 Å². The third-order valence-electron chi connectivity index (χ3n) is 2.95. The van der Waals surface area contributed by atoms with Crippen molar-refractivity contribution in [1.29, 1.82) is 0 Å². The molecule has 0 amide bonds. The van der Waals surface area contributed by atoms with E-state index in [9.17, 15) is 5.11 Å². The zero-order chi connectivity index (χ0) is 13.1. The van der Waals surface area contributed by atoms with Crippen LogP contribution in [0.4, 0.5) is 0 Å². The van der Waals surface area contributed by atoms with Gasteiger partial charge in [-0.15, -0.1) is 0 Å². The third kappa shape index (κ3) is 2.72. The van der Waals surface area contributed by atoms with Gasteiger partial charge in [0.05, 0.1) is 6.10 Å². The summed E-state index contributed by atoms with van der Waals surface area (Å²) < 4.78 is 2.93. The van der Waals surface area contributed by atoms with Crippen molar-refractivity contribution in [3.05, 3.63) is 45.0 Å². The minimum absolute atomic E-state index is 0.493. The molecule has 0 saturated carbocycles. The van der Waals surface area contributed by atoms with Gasteiger partial charge in [-0.2, -0.15) is 5.10 Å². The molecule has 0 bridgehead atoms. The van der Waals surface area contributed by atoms with Crippen molar-refractivity contribution in [2.24, 2.45) is 0 Å². The van der Waals surface area contributed by atoms with Crippen LogP contribution in [0.15, 0.2) is 24.5 Å². The Morgan fingerprint density at radius 2 is 2.22 bits per heavy atom. The second kappa shape index (κ2) is 5.79. The van der Waals surface area contributed by atoms with Crippen LogP contribution in [-0.2, 0) is 13.0 Å². The zero-order valence-corrected chi connectivity index (χ0v) is 12.6. The highest BCUT2D eigenvalue weighted by Gasteiger charge is 2.15. The molecule has 0 fully saturated rings. The molecule has 4 nitrogen and oxygen atoms in total. The first-order valence-electron chi connectivity index (χ1n) is 5.93. The summed E-state index contributed by atoms with van der Waals surface area (Å²) >= 11 is 2.28. The van der Waals surface area contributed by atoms with Crippen LogP contribution in [0, 0.1) is 10.5 Å². The van der Waals surface area contributed by atoms with Crippen molar-refractivity contribution in [3.63, 3.8) is 0 Å². The Morgan fingerprint density at radius 3 is 2.94 bits per heavy atom. The van der Waals surface area contributed by atoms with Gasteiger partial charge in [-0.1, -0.05) is 18.2 Å². The fraction of sp³-hybridized carbons (Fsp3) is 0.385. The Hall–Kier alpha value is -0.950. The minimum atomic E-state index is -0.536. The Balaban J connectivity index is 2.22. The van der Waals surface area contributed by atoms with Gasteiger partial charge in [0.15, 0.2) is 0 Å². The van der Waals surface area contributed by atoms with Crippen LogP contribution in [0.3, 0.4) is 0 Å². The van der Waals surface area contributed by atoms with Crippen LogP contribution in [-0.4, -0.2) is 19.9 Å². The van der Waals surface area contributed by atoms with E-state index in [2.05, 4.69) is 32.7 Å². The van der Waals surface area contributed by atoms with Crippen LogP contribution in [0.5, 0.6) is 0 Å². The maximum absolute atomic E-state index is 10.3. The van der Waals surface area contributed by atoms with Crippen molar-refractivity contribution in [1.82, 2.24) is 14.8 Å². The van der Waals surface area contributed by atoms with Gasteiger partial charge in [0.25, 0.3) is 0 Å². The SMILES string of the molecule is CCn1ncnc1CC(O)c1cccc(C)c1I. The Bertz CT molecular complexity index is 539. The fourth-order valence-electron chi connectivity index (χ4n) is 1.92. The van der Waals surface area contributed by atoms with Crippen molar-refractivity contribution in [2.45, 2.75) is 32.9 Å². The van der Waals surface area contributed by atoms with E-state index in [-0.39, 0.29) is 0 Å². The summed E-state index contributed by atoms with van der Waals surface area (Å²) in [4.78, 5) is 4.19. The molecular formula is C13H16IN3O. The lowest BCUT2D eigenvalue weighted by atomic mass is 10.0. The van der Waals surface area contributed by atoms with E-state index in [1.807, 2.05) is 36.7 Å². The molecule has 2 aromatic rings. The molecule has 96 valence electrons. The predicted octanol–water partition coefficient (Wildman–Crippen LogP) is 2.49. The monoisotopic (exact) mass is 357 g/mol. The normalized spacial score (nSPS) is 12.7. The third-order valence-corrected chi connectivity index (χ3v) is 4.43. The highest BCUT2D eigenvalue weighted by Crippen LogP contribution is 2.25. The Kier molecular flexibility index (Phi) is 4.34. The van der Waals surface area contributed by atoms with Crippen molar-refractivity contribution in [2.75, 3.05) is 0 Å². The van der Waals surface area contributed by atoms with Gasteiger partial charge in [0.2, 0.25) is 0 Å². The maximum Gasteiger partial charge on any atom is 0.138 e. The standard InChI is InChI=1S/C13H16IN3O/c1-3-17-12(15-8-16-17)7-11(18)10-6-4-5-9(2)13(10)14/h4-6,8,11,18H,3,7H2,1-2H3. The van der Waals surface area contributed by atoms with Gasteiger partial charge in [0.1, 0.15) is 12.2 Å². The molecule has 0 spiro atoms. The number of halogens is 1. The number of aryl methyl sites for hydroxylation is 2. The first-order valence-corrected chi connectivity index (χ1v) is 7.01. The molecule has 1 atom stereocenters. The summed E-state index contributed by atoms with van der Waals surface area (Å²) in [5, 5.41) is 14.4. The van der Waals surface area contributed by atoms with E-state index in [4.69, 9.17) is 0 Å². The van der Waals surface area contributed by atoms with Gasteiger partial charge in [-0.05, 0) is 47.6 Å². The molecule has 0 aliphatic heterocycles. The number of aliphatic hydroxyl groups excluding tert-OH is 1. The minimum Gasteiger partial charge on any atom is -0.388 e. The van der Waals surface area contributed by atoms with Crippen molar-refractivity contribution < 1.29 is 5.11 Å². The van der Waals surface area contributed by atoms with Crippen LogP contribution in [0.2, 0.25) is 0 Å². The Morgan fingerprint density at radius 1 is 1.44 bits per heavy atom. The van der Waals surface area contributed by atoms with Gasteiger partial charge in [-0.25, -0.2) is 4.98 Å². The largest absolute Gasteiger partial charge is 0.388 e. The molecule has 0 saturated heterocycles. The van der Waals surface area contributed by atoms with E-state index in [1.54, 1.807) is 0 Å². The van der Waals surface area contributed by atoms with Crippen molar-refractivity contribution in [3.8, 4) is 0 Å². The Labute approximate surface area is 120 Å². The summed E-state index contributed by atoms with van der Waals surface area (Å²) in [5.41, 5.74) is 2.14. The number of nitrogens with zero attached hydrogens (tertiary/aromatic N) is 3. The van der Waals surface area contributed by atoms with Crippen LogP contribution >= 0.6 is 22.6 Å². The second-order valence-corrected chi connectivity index (χ2v) is 5.27. The highest BCUT2D eigenvalue weighted by atomic mass is 127. The molecular weight excluding hydrogens is 341 g/mol. The van der Waals surface area contributed by atoms with E-state index in [0.29, 0.717) is 6.42 Å². The summed E-state index contributed by atoms with van der Waals surface area (Å²) in [6.07, 6.45) is 1.49. The first kappa shape index (κ1) is 13.5. The van der Waals surface area contributed by atoms with E-state index < -0.39 is 6.10 Å². The summed E-state index contributed by atoms with van der Waals surface area (Å²) in [6, 6.07) is 5.99. The van der Waals surface area contributed by atoms with E-state index >= 15 is 0 Å². The smallest absolute Gasteiger partial charge is 0.138 e. The molecule has 1 aromatic heterocycles. The number of rotatable bonds is 4. The molecule has 18 heavy (non-hydrogen) atoms. The van der Waals surface area contributed by atoms with E-state index in [1.165, 1.54) is 11.9 Å². The van der Waals surface area contributed by atoms with Crippen LogP contribution < -0.4 is 0 Å². The summed E-state index contributed by atoms with van der Waals surface area (Å²) in [7, 11) is 0. The lowest BCUT2D eigenvalue weighted by molar-refractivity contribution is 0.173. The lowest BCUT2D eigenvalue weighted by Crippen LogP contribution is -2.10. The summed E-state index contributed by atoms with van der Waals surface area (Å²) in [6.45, 7) is 4.83. The number of aromatic nitrogens is 3. The average molecular weight is 357 g/mol. The van der Waals surface area contributed by atoms with Crippen LogP contribution in [0.25, 0.3) is 0 Å². The fourth-order valence-corrected chi connectivity index (χ4v) is 2.64. The van der Waals surface area contributed by atoms with Gasteiger partial charge < -0.3 is 5.11 Å². The number of hydrogen-bond donors (Lipinski definition) is 1. The molecule has 5 heteroatoms. The molecule has 1 unspecified atom stereocenters. The number of benzene rings is 1. The number of aliphatic hydroxyl groups is 1. The highest BCUT2D eigenvalue weighted by molar-refractivity contribution is 14.1. The topological polar surface area (TPSA) is 50.9 Å². The summed E-state index contributed by atoms with van der Waals surface area (Å²) in [5.74, 6) is 0.822. The quantitative estimate of drug-likeness (QED) is 0.856. The lowest BCUT2D eigenvalue weighted by Gasteiger charge is -2.14. The number of hydrogen-bond acceptors (Lipinski definition) is 3. The van der Waals surface area contributed by atoms with Gasteiger partial charge >= 0.3 is 0 Å². The zero-order valence-electron chi connectivity index (χ0n) is 10.5. The molecule has 0 aliphatic rings. The second-order valence-electron chi connectivity index (χ2n) is 4.19. The maximum atomic E-state index is 10.3. The first-order chi connectivity index (χ1) is 8.63. The molecule has 0 aliphatic carbocycles. The van der Waals surface area contributed by atoms with Gasteiger partial charge in [-0.3, -0.25) is 4.68 Å². The average Bonchev–Trinajstić information content (AvgIpc) is 2.79.